The van der Waals surface area contributed by atoms with Crippen LogP contribution in [0.2, 0.25) is 0 Å². The second kappa shape index (κ2) is 7.62. The lowest BCUT2D eigenvalue weighted by molar-refractivity contribution is 0.200. The summed E-state index contributed by atoms with van der Waals surface area (Å²) >= 11 is 0. The molecule has 1 fully saturated rings. The summed E-state index contributed by atoms with van der Waals surface area (Å²) in [5.41, 5.74) is 2.19. The standard InChI is InChI=1S/C19H26F2N4/c1-4-24-9-7-16(8-10-24)23-13(2)17-12-22-25(14(17)3)19-6-5-15(20)11-18(19)21/h5-6,11-13,16,23H,4,7-10H2,1-3H3. The van der Waals surface area contributed by atoms with E-state index in [9.17, 15) is 8.78 Å². The van der Waals surface area contributed by atoms with E-state index in [0.29, 0.717) is 6.04 Å². The Bertz CT molecular complexity index is 720. The highest BCUT2D eigenvalue weighted by Crippen LogP contribution is 2.23. The molecule has 25 heavy (non-hydrogen) atoms. The predicted molar refractivity (Wildman–Crippen MR) is 94.9 cm³/mol. The Hall–Kier alpha value is -1.79. The molecule has 1 N–H and O–H groups in total. The van der Waals surface area contributed by atoms with Crippen LogP contribution in [0.25, 0.3) is 5.69 Å². The van der Waals surface area contributed by atoms with Crippen molar-refractivity contribution in [1.82, 2.24) is 20.0 Å². The number of rotatable bonds is 5. The molecule has 2 heterocycles. The van der Waals surface area contributed by atoms with E-state index in [-0.39, 0.29) is 11.7 Å². The fourth-order valence-electron chi connectivity index (χ4n) is 3.60. The molecule has 3 rings (SSSR count). The molecule has 136 valence electrons. The number of nitrogens with one attached hydrogen (secondary N) is 1. The molecule has 1 aliphatic rings. The average molecular weight is 348 g/mol. The highest BCUT2D eigenvalue weighted by molar-refractivity contribution is 5.37. The molecule has 0 spiro atoms. The zero-order chi connectivity index (χ0) is 18.0. The van der Waals surface area contributed by atoms with Crippen LogP contribution in [-0.2, 0) is 0 Å². The van der Waals surface area contributed by atoms with Gasteiger partial charge in [0.05, 0.1) is 6.20 Å². The van der Waals surface area contributed by atoms with Crippen LogP contribution < -0.4 is 5.32 Å². The fourth-order valence-corrected chi connectivity index (χ4v) is 3.60. The topological polar surface area (TPSA) is 33.1 Å². The minimum absolute atomic E-state index is 0.135. The second-order valence-electron chi connectivity index (χ2n) is 6.79. The number of nitrogens with zero attached hydrogens (tertiary/aromatic N) is 3. The molecule has 0 amide bonds. The maximum Gasteiger partial charge on any atom is 0.151 e. The van der Waals surface area contributed by atoms with Crippen LogP contribution in [0, 0.1) is 18.6 Å². The van der Waals surface area contributed by atoms with Gasteiger partial charge >= 0.3 is 0 Å². The summed E-state index contributed by atoms with van der Waals surface area (Å²) in [4.78, 5) is 2.46. The van der Waals surface area contributed by atoms with Gasteiger partial charge in [-0.25, -0.2) is 13.5 Å². The van der Waals surface area contributed by atoms with Gasteiger partial charge in [-0.2, -0.15) is 5.10 Å². The van der Waals surface area contributed by atoms with Crippen LogP contribution >= 0.6 is 0 Å². The van der Waals surface area contributed by atoms with Crippen molar-refractivity contribution in [2.75, 3.05) is 19.6 Å². The number of likely N-dealkylation sites (tertiary alicyclic amines) is 1. The lowest BCUT2D eigenvalue weighted by atomic mass is 10.0. The first-order valence-electron chi connectivity index (χ1n) is 8.98. The third-order valence-electron chi connectivity index (χ3n) is 5.17. The molecule has 0 aliphatic carbocycles. The van der Waals surface area contributed by atoms with Crippen LogP contribution in [0.5, 0.6) is 0 Å². The van der Waals surface area contributed by atoms with Crippen molar-refractivity contribution in [3.05, 3.63) is 47.3 Å². The smallest absolute Gasteiger partial charge is 0.151 e. The lowest BCUT2D eigenvalue weighted by Crippen LogP contribution is -2.43. The van der Waals surface area contributed by atoms with Crippen molar-refractivity contribution in [1.29, 1.82) is 0 Å². The monoisotopic (exact) mass is 348 g/mol. The Morgan fingerprint density at radius 3 is 2.64 bits per heavy atom. The summed E-state index contributed by atoms with van der Waals surface area (Å²) in [6.45, 7) is 9.59. The van der Waals surface area contributed by atoms with E-state index in [1.165, 1.54) is 12.1 Å². The molecular weight excluding hydrogens is 322 g/mol. The Balaban J connectivity index is 1.72. The van der Waals surface area contributed by atoms with Gasteiger partial charge in [-0.05, 0) is 58.5 Å². The summed E-state index contributed by atoms with van der Waals surface area (Å²) < 4.78 is 28.7. The van der Waals surface area contributed by atoms with Crippen LogP contribution in [0.4, 0.5) is 8.78 Å². The van der Waals surface area contributed by atoms with Gasteiger partial charge in [0.1, 0.15) is 11.5 Å². The van der Waals surface area contributed by atoms with Crippen molar-refractivity contribution < 1.29 is 8.78 Å². The zero-order valence-corrected chi connectivity index (χ0v) is 15.1. The predicted octanol–water partition coefficient (Wildman–Crippen LogP) is 3.59. The lowest BCUT2D eigenvalue weighted by Gasteiger charge is -2.33. The van der Waals surface area contributed by atoms with Gasteiger partial charge in [0.25, 0.3) is 0 Å². The molecule has 1 aromatic carbocycles. The molecular formula is C19H26F2N4. The van der Waals surface area contributed by atoms with E-state index in [1.54, 1.807) is 10.9 Å². The van der Waals surface area contributed by atoms with Gasteiger partial charge in [0.15, 0.2) is 5.82 Å². The molecule has 0 saturated carbocycles. The minimum Gasteiger partial charge on any atom is -0.307 e. The molecule has 4 nitrogen and oxygen atoms in total. The van der Waals surface area contributed by atoms with Crippen molar-refractivity contribution in [3.8, 4) is 5.69 Å². The molecule has 1 aliphatic heterocycles. The Labute approximate surface area is 147 Å². The van der Waals surface area contributed by atoms with Crippen LogP contribution in [0.15, 0.2) is 24.4 Å². The second-order valence-corrected chi connectivity index (χ2v) is 6.79. The van der Waals surface area contributed by atoms with Crippen LogP contribution in [-0.4, -0.2) is 40.4 Å². The number of piperidine rings is 1. The summed E-state index contributed by atoms with van der Waals surface area (Å²) in [5, 5.41) is 8.00. The first-order valence-corrected chi connectivity index (χ1v) is 8.98. The van der Waals surface area contributed by atoms with E-state index < -0.39 is 11.6 Å². The number of benzene rings is 1. The van der Waals surface area contributed by atoms with Gasteiger partial charge in [-0.15, -0.1) is 0 Å². The van der Waals surface area contributed by atoms with Crippen molar-refractivity contribution in [2.45, 2.75) is 45.7 Å². The molecule has 2 aromatic rings. The van der Waals surface area contributed by atoms with E-state index in [4.69, 9.17) is 0 Å². The van der Waals surface area contributed by atoms with Gasteiger partial charge in [0.2, 0.25) is 0 Å². The molecule has 1 aromatic heterocycles. The summed E-state index contributed by atoms with van der Waals surface area (Å²) in [7, 11) is 0. The molecule has 6 heteroatoms. The molecule has 1 unspecified atom stereocenters. The van der Waals surface area contributed by atoms with Gasteiger partial charge < -0.3 is 10.2 Å². The maximum atomic E-state index is 14.0. The SMILES string of the molecule is CCN1CCC(NC(C)c2cnn(-c3ccc(F)cc3F)c2C)CC1. The Kier molecular flexibility index (Phi) is 5.49. The minimum atomic E-state index is -0.606. The summed E-state index contributed by atoms with van der Waals surface area (Å²) in [6, 6.07) is 4.19. The summed E-state index contributed by atoms with van der Waals surface area (Å²) in [5.74, 6) is -1.19. The highest BCUT2D eigenvalue weighted by atomic mass is 19.1. The van der Waals surface area contributed by atoms with Crippen LogP contribution in [0.3, 0.4) is 0 Å². The van der Waals surface area contributed by atoms with Gasteiger partial charge in [0, 0.05) is 29.4 Å². The zero-order valence-electron chi connectivity index (χ0n) is 15.1. The first-order chi connectivity index (χ1) is 12.0. The average Bonchev–Trinajstić information content (AvgIpc) is 2.97. The third kappa shape index (κ3) is 3.90. The van der Waals surface area contributed by atoms with E-state index in [1.807, 2.05) is 6.92 Å². The Morgan fingerprint density at radius 2 is 2.00 bits per heavy atom. The van der Waals surface area contributed by atoms with E-state index in [0.717, 1.165) is 49.8 Å². The highest BCUT2D eigenvalue weighted by Gasteiger charge is 2.22. The maximum absolute atomic E-state index is 14.0. The molecule has 1 atom stereocenters. The van der Waals surface area contributed by atoms with Crippen LogP contribution in [0.1, 0.15) is 44.0 Å². The number of hydrogen-bond acceptors (Lipinski definition) is 3. The van der Waals surface area contributed by atoms with Gasteiger partial charge in [-0.1, -0.05) is 6.92 Å². The van der Waals surface area contributed by atoms with Gasteiger partial charge in [-0.3, -0.25) is 0 Å². The van der Waals surface area contributed by atoms with Crippen molar-refractivity contribution >= 4 is 0 Å². The Morgan fingerprint density at radius 1 is 1.28 bits per heavy atom. The normalized spacial score (nSPS) is 17.8. The van der Waals surface area contributed by atoms with E-state index in [2.05, 4.69) is 29.2 Å². The molecule has 1 saturated heterocycles. The number of aromatic nitrogens is 2. The number of hydrogen-bond donors (Lipinski definition) is 1. The fraction of sp³-hybridized carbons (Fsp3) is 0.526. The van der Waals surface area contributed by atoms with Crippen molar-refractivity contribution in [2.24, 2.45) is 0 Å². The molecule has 0 radical (unpaired) electrons. The number of halogens is 2. The third-order valence-corrected chi connectivity index (χ3v) is 5.17. The van der Waals surface area contributed by atoms with E-state index >= 15 is 0 Å². The molecule has 0 bridgehead atoms. The largest absolute Gasteiger partial charge is 0.307 e. The first kappa shape index (κ1) is 18.0. The van der Waals surface area contributed by atoms with Crippen molar-refractivity contribution in [3.63, 3.8) is 0 Å². The quantitative estimate of drug-likeness (QED) is 0.896. The summed E-state index contributed by atoms with van der Waals surface area (Å²) in [6.07, 6.45) is 4.05.